The third kappa shape index (κ3) is 3.58. The van der Waals surface area contributed by atoms with Crippen molar-refractivity contribution in [2.45, 2.75) is 23.5 Å². The van der Waals surface area contributed by atoms with Crippen molar-refractivity contribution in [2.75, 3.05) is 18.5 Å². The number of likely N-dealkylation sites (tertiary alicyclic amines) is 1. The average molecular weight is 582 g/mol. The molecular weight excluding hydrogens is 557 g/mol. The van der Waals surface area contributed by atoms with Gasteiger partial charge in [-0.15, -0.1) is 0 Å². The van der Waals surface area contributed by atoms with Gasteiger partial charge >= 0.3 is 5.97 Å². The Hall–Kier alpha value is -3.97. The Balaban J connectivity index is 1.49. The Labute approximate surface area is 247 Å². The molecule has 3 atom stereocenters. The van der Waals surface area contributed by atoms with Gasteiger partial charge in [0, 0.05) is 29.3 Å². The molecule has 0 unspecified atom stereocenters. The van der Waals surface area contributed by atoms with Crippen molar-refractivity contribution in [1.82, 2.24) is 4.90 Å². The highest BCUT2D eigenvalue weighted by Gasteiger charge is 2.78. The van der Waals surface area contributed by atoms with Crippen LogP contribution in [-0.2, 0) is 26.4 Å². The van der Waals surface area contributed by atoms with Gasteiger partial charge in [-0.25, -0.2) is 9.79 Å². The Morgan fingerprint density at radius 3 is 2.29 bits per heavy atom. The Morgan fingerprint density at radius 2 is 1.56 bits per heavy atom. The molecule has 1 fully saturated rings. The number of likely N-dealkylation sites (N-methyl/N-ethyl adjacent to an activating group) is 1. The lowest BCUT2D eigenvalue weighted by atomic mass is 9.67. The normalized spacial score (nSPS) is 25.2. The SMILES string of the molecule is CN1C[C@@H](c2ccc(Cl)c(Cl)c2)[C@@]2(N=C(c3ccccc3)OC2=O)[C@@]12C(=O)N(Cc1ccccc1)c1ccccc12. The van der Waals surface area contributed by atoms with Crippen molar-refractivity contribution >= 4 is 46.7 Å². The van der Waals surface area contributed by atoms with Gasteiger partial charge in [0.05, 0.1) is 16.6 Å². The van der Waals surface area contributed by atoms with E-state index in [1.54, 1.807) is 17.0 Å². The fraction of sp³-hybridized carbons (Fsp3) is 0.182. The minimum Gasteiger partial charge on any atom is -0.405 e. The maximum atomic E-state index is 15.0. The number of hydrogen-bond acceptors (Lipinski definition) is 5. The lowest BCUT2D eigenvalue weighted by Crippen LogP contribution is -2.62. The summed E-state index contributed by atoms with van der Waals surface area (Å²) in [4.78, 5) is 38.3. The number of anilines is 1. The van der Waals surface area contributed by atoms with E-state index in [1.807, 2.05) is 103 Å². The first-order valence-electron chi connectivity index (χ1n) is 13.4. The Morgan fingerprint density at radius 1 is 0.878 bits per heavy atom. The van der Waals surface area contributed by atoms with Crippen LogP contribution in [0.15, 0.2) is 108 Å². The number of para-hydroxylation sites is 1. The summed E-state index contributed by atoms with van der Waals surface area (Å²) < 4.78 is 6.00. The van der Waals surface area contributed by atoms with Crippen molar-refractivity contribution in [3.05, 3.63) is 135 Å². The van der Waals surface area contributed by atoms with Gasteiger partial charge in [0.15, 0.2) is 5.54 Å². The molecule has 8 heteroatoms. The molecule has 3 aliphatic heterocycles. The summed E-state index contributed by atoms with van der Waals surface area (Å²) in [6, 6.07) is 32.1. The molecule has 1 amide bonds. The van der Waals surface area contributed by atoms with Crippen LogP contribution in [0.5, 0.6) is 0 Å². The molecule has 6 nitrogen and oxygen atoms in total. The van der Waals surface area contributed by atoms with E-state index in [1.165, 1.54) is 0 Å². The molecule has 4 aromatic carbocycles. The molecule has 0 radical (unpaired) electrons. The van der Waals surface area contributed by atoms with Gasteiger partial charge in [0.2, 0.25) is 11.4 Å². The van der Waals surface area contributed by atoms with E-state index in [4.69, 9.17) is 32.9 Å². The summed E-state index contributed by atoms with van der Waals surface area (Å²) in [5.74, 6) is -1.14. The zero-order valence-electron chi connectivity index (χ0n) is 22.1. The number of cyclic esters (lactones) is 1. The highest BCUT2D eigenvalue weighted by atomic mass is 35.5. The minimum atomic E-state index is -1.62. The third-order valence-electron chi connectivity index (χ3n) is 8.55. The monoisotopic (exact) mass is 581 g/mol. The number of aliphatic imine (C=N–C) groups is 1. The van der Waals surface area contributed by atoms with Gasteiger partial charge in [-0.2, -0.15) is 0 Å². The third-order valence-corrected chi connectivity index (χ3v) is 9.29. The Bertz CT molecular complexity index is 1730. The van der Waals surface area contributed by atoms with Crippen molar-refractivity contribution in [3.8, 4) is 0 Å². The molecule has 0 aromatic heterocycles. The van der Waals surface area contributed by atoms with E-state index in [0.29, 0.717) is 28.7 Å². The van der Waals surface area contributed by atoms with Crippen LogP contribution in [-0.4, -0.2) is 41.8 Å². The molecule has 3 aliphatic rings. The van der Waals surface area contributed by atoms with E-state index < -0.39 is 23.0 Å². The number of carbonyl (C=O) groups is 2. The second-order valence-corrected chi connectivity index (χ2v) is 11.5. The predicted molar refractivity (Wildman–Crippen MR) is 159 cm³/mol. The van der Waals surface area contributed by atoms with E-state index in [2.05, 4.69) is 0 Å². The molecule has 1 saturated heterocycles. The summed E-state index contributed by atoms with van der Waals surface area (Å²) in [5.41, 5.74) is 0.788. The fourth-order valence-corrected chi connectivity index (χ4v) is 7.11. The molecule has 0 saturated carbocycles. The predicted octanol–water partition coefficient (Wildman–Crippen LogP) is 6.21. The van der Waals surface area contributed by atoms with Crippen LogP contribution in [0.3, 0.4) is 0 Å². The lowest BCUT2D eigenvalue weighted by Gasteiger charge is -2.40. The molecule has 0 N–H and O–H groups in total. The van der Waals surface area contributed by atoms with Crippen LogP contribution in [0.2, 0.25) is 10.0 Å². The number of benzene rings is 4. The highest BCUT2D eigenvalue weighted by Crippen LogP contribution is 2.62. The lowest BCUT2D eigenvalue weighted by molar-refractivity contribution is -0.148. The van der Waals surface area contributed by atoms with E-state index in [0.717, 1.165) is 22.4 Å². The van der Waals surface area contributed by atoms with Gasteiger partial charge < -0.3 is 9.64 Å². The van der Waals surface area contributed by atoms with Gasteiger partial charge in [0.25, 0.3) is 5.91 Å². The zero-order valence-corrected chi connectivity index (χ0v) is 23.6. The number of nitrogens with zero attached hydrogens (tertiary/aromatic N) is 3. The van der Waals surface area contributed by atoms with Gasteiger partial charge in [-0.3, -0.25) is 9.69 Å². The zero-order chi connectivity index (χ0) is 28.4. The van der Waals surface area contributed by atoms with Crippen LogP contribution in [0.4, 0.5) is 5.69 Å². The van der Waals surface area contributed by atoms with Crippen LogP contribution in [0.1, 0.15) is 28.2 Å². The number of esters is 1. The van der Waals surface area contributed by atoms with Crippen LogP contribution in [0.25, 0.3) is 0 Å². The van der Waals surface area contributed by atoms with Crippen molar-refractivity contribution in [2.24, 2.45) is 4.99 Å². The van der Waals surface area contributed by atoms with Crippen molar-refractivity contribution < 1.29 is 14.3 Å². The first-order chi connectivity index (χ1) is 19.9. The van der Waals surface area contributed by atoms with Crippen molar-refractivity contribution in [3.63, 3.8) is 0 Å². The van der Waals surface area contributed by atoms with E-state index in [-0.39, 0.29) is 11.8 Å². The molecule has 41 heavy (non-hydrogen) atoms. The average Bonchev–Trinajstić information content (AvgIpc) is 3.57. The number of fused-ring (bicyclic) bond motifs is 3. The highest BCUT2D eigenvalue weighted by molar-refractivity contribution is 6.42. The second-order valence-electron chi connectivity index (χ2n) is 10.6. The minimum absolute atomic E-state index is 0.196. The van der Waals surface area contributed by atoms with E-state index >= 15 is 4.79 Å². The topological polar surface area (TPSA) is 62.2 Å². The maximum absolute atomic E-state index is 15.0. The summed E-state index contributed by atoms with van der Waals surface area (Å²) in [5, 5.41) is 0.773. The number of hydrogen-bond donors (Lipinski definition) is 0. The maximum Gasteiger partial charge on any atom is 0.344 e. The van der Waals surface area contributed by atoms with Crippen LogP contribution < -0.4 is 4.90 Å². The van der Waals surface area contributed by atoms with Gasteiger partial charge in [0.1, 0.15) is 0 Å². The summed E-state index contributed by atoms with van der Waals surface area (Å²) in [6.07, 6.45) is 0. The van der Waals surface area contributed by atoms with Gasteiger partial charge in [-0.1, -0.05) is 96.0 Å². The summed E-state index contributed by atoms with van der Waals surface area (Å²) >= 11 is 12.8. The number of halogens is 2. The van der Waals surface area contributed by atoms with Crippen LogP contribution in [0, 0.1) is 0 Å². The standard InChI is InChI=1S/C33H25Cl2N3O3/c1-37-20-25(23-16-17-26(34)27(35)18-23)32(31(40)41-29(36-32)22-12-6-3-7-13-22)33(37)24-14-8-9-15-28(24)38(30(33)39)19-21-10-4-2-5-11-21/h2-18,25H,19-20H2,1H3/t25-,32-,33+/m0/s1. The molecule has 0 aliphatic carbocycles. The first-order valence-corrected chi connectivity index (χ1v) is 14.1. The molecule has 3 heterocycles. The fourth-order valence-electron chi connectivity index (χ4n) is 6.80. The molecule has 2 spiro atoms. The summed E-state index contributed by atoms with van der Waals surface area (Å²) in [6.45, 7) is 0.710. The van der Waals surface area contributed by atoms with Crippen molar-refractivity contribution in [1.29, 1.82) is 0 Å². The number of carbonyl (C=O) groups excluding carboxylic acids is 2. The van der Waals surface area contributed by atoms with Gasteiger partial charge in [-0.05, 0) is 48.5 Å². The molecule has 0 bridgehead atoms. The number of rotatable bonds is 4. The quantitative estimate of drug-likeness (QED) is 0.269. The largest absolute Gasteiger partial charge is 0.405 e. The molecule has 7 rings (SSSR count). The summed E-state index contributed by atoms with van der Waals surface area (Å²) in [7, 11) is 1.88. The Kier molecular flexibility index (Phi) is 6.05. The molecule has 204 valence electrons. The number of ether oxygens (including phenoxy) is 1. The van der Waals surface area contributed by atoms with E-state index in [9.17, 15) is 4.79 Å². The second kappa shape index (κ2) is 9.55. The smallest absolute Gasteiger partial charge is 0.344 e. The molecular formula is C33H25Cl2N3O3. The first kappa shape index (κ1) is 26.0. The molecule has 4 aromatic rings. The van der Waals surface area contributed by atoms with Crippen LogP contribution >= 0.6 is 23.2 Å². The number of amides is 1.